The van der Waals surface area contributed by atoms with E-state index in [1.54, 1.807) is 0 Å². The van der Waals surface area contributed by atoms with Crippen molar-refractivity contribution >= 4 is 15.9 Å². The van der Waals surface area contributed by atoms with E-state index >= 15 is 0 Å². The topological polar surface area (TPSA) is 64.2 Å². The van der Waals surface area contributed by atoms with Crippen molar-refractivity contribution < 1.29 is 5.11 Å². The third kappa shape index (κ3) is 2.33. The minimum atomic E-state index is -0.667. The summed E-state index contributed by atoms with van der Waals surface area (Å²) in [6, 6.07) is 0. The zero-order chi connectivity index (χ0) is 10.7. The number of aliphatic hydroxyl groups excluding tert-OH is 1. The number of halogens is 1. The molecule has 0 aliphatic heterocycles. The van der Waals surface area contributed by atoms with Crippen LogP contribution in [0.2, 0.25) is 0 Å². The molecule has 1 aromatic rings. The second-order valence-corrected chi connectivity index (χ2v) is 3.63. The molecule has 0 aromatic carbocycles. The van der Waals surface area contributed by atoms with Gasteiger partial charge in [0.15, 0.2) is 0 Å². The molecule has 6 heteroatoms. The van der Waals surface area contributed by atoms with Crippen LogP contribution >= 0.6 is 15.9 Å². The summed E-state index contributed by atoms with van der Waals surface area (Å²) in [4.78, 5) is 22.5. The summed E-state index contributed by atoms with van der Waals surface area (Å²) >= 11 is 3.08. The standard InChI is InChI=1S/C8H11BrN2O3/c1-10-2-3-11(5-6(12)4-9)8(14)7(10)13/h2-3,6,12H,4-5H2,1H3. The van der Waals surface area contributed by atoms with Crippen LogP contribution < -0.4 is 11.1 Å². The van der Waals surface area contributed by atoms with Crippen molar-refractivity contribution in [3.05, 3.63) is 33.1 Å². The molecule has 78 valence electrons. The summed E-state index contributed by atoms with van der Waals surface area (Å²) in [6.45, 7) is 0.125. The number of nitrogens with zero attached hydrogens (tertiary/aromatic N) is 2. The van der Waals surface area contributed by atoms with Gasteiger partial charge in [0.05, 0.1) is 12.6 Å². The van der Waals surface area contributed by atoms with Crippen LogP contribution in [-0.4, -0.2) is 25.7 Å². The molecule has 0 aliphatic rings. The summed E-state index contributed by atoms with van der Waals surface area (Å²) in [7, 11) is 1.51. The minimum absolute atomic E-state index is 0.125. The molecule has 0 spiro atoms. The zero-order valence-corrected chi connectivity index (χ0v) is 9.27. The lowest BCUT2D eigenvalue weighted by Gasteiger charge is -2.09. The lowest BCUT2D eigenvalue weighted by molar-refractivity contribution is 0.177. The average molecular weight is 263 g/mol. The molecule has 1 N–H and O–H groups in total. The summed E-state index contributed by atoms with van der Waals surface area (Å²) in [5, 5.41) is 9.65. The summed E-state index contributed by atoms with van der Waals surface area (Å²) in [5.41, 5.74) is -1.20. The van der Waals surface area contributed by atoms with Crippen molar-refractivity contribution in [1.82, 2.24) is 9.13 Å². The Hall–Kier alpha value is -0.880. The Bertz CT molecular complexity index is 423. The van der Waals surface area contributed by atoms with Crippen molar-refractivity contribution in [2.75, 3.05) is 5.33 Å². The molecule has 0 radical (unpaired) electrons. The fraction of sp³-hybridized carbons (Fsp3) is 0.500. The summed E-state index contributed by atoms with van der Waals surface area (Å²) in [5.74, 6) is 0. The first kappa shape index (κ1) is 11.2. The maximum atomic E-state index is 11.3. The molecule has 1 heterocycles. The van der Waals surface area contributed by atoms with Gasteiger partial charge in [0.1, 0.15) is 0 Å². The van der Waals surface area contributed by atoms with E-state index in [0.717, 1.165) is 0 Å². The fourth-order valence-electron chi connectivity index (χ4n) is 1.01. The number of aliphatic hydroxyl groups is 1. The first-order valence-electron chi connectivity index (χ1n) is 4.06. The van der Waals surface area contributed by atoms with Crippen LogP contribution in [-0.2, 0) is 13.6 Å². The van der Waals surface area contributed by atoms with Crippen molar-refractivity contribution in [1.29, 1.82) is 0 Å². The average Bonchev–Trinajstić information content (AvgIpc) is 2.19. The van der Waals surface area contributed by atoms with Gasteiger partial charge in [0, 0.05) is 24.8 Å². The Kier molecular flexibility index (Phi) is 3.65. The normalized spacial score (nSPS) is 12.8. The largest absolute Gasteiger partial charge is 0.390 e. The van der Waals surface area contributed by atoms with E-state index in [0.29, 0.717) is 5.33 Å². The van der Waals surface area contributed by atoms with Crippen LogP contribution in [0.15, 0.2) is 22.0 Å². The first-order chi connectivity index (χ1) is 6.56. The smallest absolute Gasteiger partial charge is 0.316 e. The molecule has 1 atom stereocenters. The van der Waals surface area contributed by atoms with Crippen molar-refractivity contribution in [2.24, 2.45) is 7.05 Å². The number of rotatable bonds is 3. The van der Waals surface area contributed by atoms with Gasteiger partial charge in [-0.15, -0.1) is 0 Å². The van der Waals surface area contributed by atoms with Crippen LogP contribution in [0.4, 0.5) is 0 Å². The van der Waals surface area contributed by atoms with Gasteiger partial charge >= 0.3 is 11.1 Å². The first-order valence-corrected chi connectivity index (χ1v) is 5.18. The van der Waals surface area contributed by atoms with E-state index in [-0.39, 0.29) is 6.54 Å². The highest BCUT2D eigenvalue weighted by Crippen LogP contribution is 1.92. The molecule has 0 amide bonds. The number of aromatic nitrogens is 2. The molecule has 1 aromatic heterocycles. The van der Waals surface area contributed by atoms with Crippen LogP contribution in [0.5, 0.6) is 0 Å². The molecule has 14 heavy (non-hydrogen) atoms. The molecule has 1 unspecified atom stereocenters. The second-order valence-electron chi connectivity index (χ2n) is 2.98. The predicted octanol–water partition coefficient (Wildman–Crippen LogP) is -0.697. The van der Waals surface area contributed by atoms with Crippen molar-refractivity contribution in [3.8, 4) is 0 Å². The van der Waals surface area contributed by atoms with E-state index in [2.05, 4.69) is 15.9 Å². The number of aryl methyl sites for hydroxylation is 1. The molecule has 0 bridgehead atoms. The predicted molar refractivity (Wildman–Crippen MR) is 55.7 cm³/mol. The minimum Gasteiger partial charge on any atom is -0.390 e. The molecule has 0 saturated carbocycles. The quantitative estimate of drug-likeness (QED) is 0.579. The highest BCUT2D eigenvalue weighted by atomic mass is 79.9. The van der Waals surface area contributed by atoms with Crippen molar-refractivity contribution in [3.63, 3.8) is 0 Å². The van der Waals surface area contributed by atoms with Gasteiger partial charge in [-0.05, 0) is 0 Å². The van der Waals surface area contributed by atoms with E-state index in [9.17, 15) is 14.7 Å². The summed E-state index contributed by atoms with van der Waals surface area (Å²) in [6.07, 6.45) is 2.31. The Labute approximate surface area is 88.7 Å². The Morgan fingerprint density at radius 2 is 2.07 bits per heavy atom. The number of hydrogen-bond donors (Lipinski definition) is 1. The number of alkyl halides is 1. The Balaban J connectivity index is 3.07. The van der Waals surface area contributed by atoms with Gasteiger partial charge in [-0.1, -0.05) is 15.9 Å². The lowest BCUT2D eigenvalue weighted by atomic mass is 10.4. The maximum absolute atomic E-state index is 11.3. The molecule has 0 fully saturated rings. The second kappa shape index (κ2) is 4.56. The van der Waals surface area contributed by atoms with E-state index in [1.807, 2.05) is 0 Å². The zero-order valence-electron chi connectivity index (χ0n) is 7.68. The van der Waals surface area contributed by atoms with Crippen molar-refractivity contribution in [2.45, 2.75) is 12.6 Å². The van der Waals surface area contributed by atoms with Crippen LogP contribution in [0, 0.1) is 0 Å². The molecule has 1 rings (SSSR count). The fourth-order valence-corrected chi connectivity index (χ4v) is 1.21. The lowest BCUT2D eigenvalue weighted by Crippen LogP contribution is -2.41. The van der Waals surface area contributed by atoms with Gasteiger partial charge in [-0.2, -0.15) is 0 Å². The summed E-state index contributed by atoms with van der Waals surface area (Å²) < 4.78 is 2.41. The molecule has 5 nitrogen and oxygen atoms in total. The molecule has 0 saturated heterocycles. The monoisotopic (exact) mass is 262 g/mol. The van der Waals surface area contributed by atoms with Gasteiger partial charge in [-0.3, -0.25) is 9.59 Å². The molecular weight excluding hydrogens is 252 g/mol. The number of hydrogen-bond acceptors (Lipinski definition) is 3. The van der Waals surface area contributed by atoms with Gasteiger partial charge in [0.2, 0.25) is 0 Å². The maximum Gasteiger partial charge on any atom is 0.316 e. The van der Waals surface area contributed by atoms with E-state index in [1.165, 1.54) is 28.6 Å². The van der Waals surface area contributed by atoms with Crippen LogP contribution in [0.3, 0.4) is 0 Å². The SMILES string of the molecule is Cn1ccn(CC(O)CBr)c(=O)c1=O. The van der Waals surface area contributed by atoms with Gasteiger partial charge < -0.3 is 14.2 Å². The third-order valence-electron chi connectivity index (χ3n) is 1.82. The molecular formula is C8H11BrN2O3. The van der Waals surface area contributed by atoms with Crippen LogP contribution in [0.1, 0.15) is 0 Å². The van der Waals surface area contributed by atoms with Crippen LogP contribution in [0.25, 0.3) is 0 Å². The molecule has 0 aliphatic carbocycles. The van der Waals surface area contributed by atoms with Gasteiger partial charge in [-0.25, -0.2) is 0 Å². The highest BCUT2D eigenvalue weighted by molar-refractivity contribution is 9.09. The highest BCUT2D eigenvalue weighted by Gasteiger charge is 2.06. The Morgan fingerprint density at radius 1 is 1.43 bits per heavy atom. The van der Waals surface area contributed by atoms with E-state index in [4.69, 9.17) is 0 Å². The van der Waals surface area contributed by atoms with Gasteiger partial charge in [0.25, 0.3) is 0 Å². The van der Waals surface area contributed by atoms with E-state index < -0.39 is 17.2 Å². The third-order valence-corrected chi connectivity index (χ3v) is 2.57. The Morgan fingerprint density at radius 3 is 2.64 bits per heavy atom.